The summed E-state index contributed by atoms with van der Waals surface area (Å²) in [5, 5.41) is 6.92. The molecule has 9 heteroatoms. The summed E-state index contributed by atoms with van der Waals surface area (Å²) < 4.78 is 11.4. The number of nitrogens with one attached hydrogen (secondary N) is 1. The lowest BCUT2D eigenvalue weighted by molar-refractivity contribution is -0.141. The molecule has 27 heavy (non-hydrogen) atoms. The predicted molar refractivity (Wildman–Crippen MR) is 100 cm³/mol. The summed E-state index contributed by atoms with van der Waals surface area (Å²) in [4.78, 5) is 28.3. The number of amides is 1. The first-order valence-electron chi connectivity index (χ1n) is 8.10. The van der Waals surface area contributed by atoms with Crippen LogP contribution in [-0.2, 0) is 20.9 Å². The van der Waals surface area contributed by atoms with Gasteiger partial charge in [0.2, 0.25) is 5.91 Å². The number of esters is 1. The van der Waals surface area contributed by atoms with Gasteiger partial charge in [0, 0.05) is 6.07 Å². The molecule has 1 N–H and O–H groups in total. The fourth-order valence-corrected chi connectivity index (χ4v) is 3.17. The summed E-state index contributed by atoms with van der Waals surface area (Å²) in [6, 6.07) is 11.2. The molecule has 0 radical (unpaired) electrons. The first kappa shape index (κ1) is 18.7. The van der Waals surface area contributed by atoms with Gasteiger partial charge in [-0.15, -0.1) is 0 Å². The Balaban J connectivity index is 1.75. The Kier molecular flexibility index (Phi) is 5.92. The van der Waals surface area contributed by atoms with Crippen molar-refractivity contribution >= 4 is 29.5 Å². The third-order valence-corrected chi connectivity index (χ3v) is 4.62. The zero-order valence-electron chi connectivity index (χ0n) is 14.8. The van der Waals surface area contributed by atoms with Crippen molar-refractivity contribution in [1.29, 1.82) is 0 Å². The number of aromatic nitrogens is 3. The van der Waals surface area contributed by atoms with Gasteiger partial charge in [0.05, 0.1) is 24.8 Å². The number of benzene rings is 1. The summed E-state index contributed by atoms with van der Waals surface area (Å²) >= 11 is 1.22. The third kappa shape index (κ3) is 4.76. The normalized spacial score (nSPS) is 10.6. The number of thioether (sulfide) groups is 1. The third-order valence-electron chi connectivity index (χ3n) is 3.63. The van der Waals surface area contributed by atoms with Crippen LogP contribution in [0.25, 0.3) is 11.3 Å². The van der Waals surface area contributed by atoms with Gasteiger partial charge in [-0.1, -0.05) is 47.3 Å². The number of carbonyl (C=O) groups excluding carboxylic acids is 2. The van der Waals surface area contributed by atoms with E-state index in [2.05, 4.69) is 15.5 Å². The summed E-state index contributed by atoms with van der Waals surface area (Å²) in [6.45, 7) is 1.75. The van der Waals surface area contributed by atoms with E-state index < -0.39 is 5.97 Å². The van der Waals surface area contributed by atoms with Crippen molar-refractivity contribution in [3.8, 4) is 11.3 Å². The molecule has 3 rings (SSSR count). The number of ether oxygens (including phenoxy) is 1. The average Bonchev–Trinajstić information content (AvgIpc) is 3.26. The standard InChI is InChI=1S/C18H18N4O4S/c1-12-8-15(21-26-12)20-16(23)11-27-18-19-9-14(13-6-4-3-5-7-13)22(18)10-17(24)25-2/h3-9H,10-11H2,1-2H3,(H,20,21,23). The van der Waals surface area contributed by atoms with Crippen molar-refractivity contribution in [2.45, 2.75) is 18.6 Å². The van der Waals surface area contributed by atoms with Crippen LogP contribution in [0.1, 0.15) is 5.76 Å². The van der Waals surface area contributed by atoms with E-state index >= 15 is 0 Å². The second-order valence-electron chi connectivity index (χ2n) is 5.61. The van der Waals surface area contributed by atoms with Crippen LogP contribution in [0.5, 0.6) is 0 Å². The van der Waals surface area contributed by atoms with Crippen LogP contribution >= 0.6 is 11.8 Å². The number of nitrogens with zero attached hydrogens (tertiary/aromatic N) is 3. The number of hydrogen-bond donors (Lipinski definition) is 1. The van der Waals surface area contributed by atoms with Crippen LogP contribution in [0, 0.1) is 6.92 Å². The number of anilines is 1. The van der Waals surface area contributed by atoms with Gasteiger partial charge in [0.25, 0.3) is 0 Å². The Morgan fingerprint density at radius 2 is 2.07 bits per heavy atom. The maximum atomic E-state index is 12.1. The molecule has 0 saturated carbocycles. The molecular formula is C18H18N4O4S. The van der Waals surface area contributed by atoms with Crippen LogP contribution < -0.4 is 5.32 Å². The molecule has 0 fully saturated rings. The van der Waals surface area contributed by atoms with Gasteiger partial charge in [-0.05, 0) is 12.5 Å². The highest BCUT2D eigenvalue weighted by Gasteiger charge is 2.17. The molecule has 0 atom stereocenters. The minimum Gasteiger partial charge on any atom is -0.468 e. The summed E-state index contributed by atoms with van der Waals surface area (Å²) in [7, 11) is 1.33. The Hall–Kier alpha value is -3.07. The lowest BCUT2D eigenvalue weighted by Gasteiger charge is -2.10. The monoisotopic (exact) mass is 386 g/mol. The van der Waals surface area contributed by atoms with E-state index in [-0.39, 0.29) is 18.2 Å². The lowest BCUT2D eigenvalue weighted by atomic mass is 10.2. The summed E-state index contributed by atoms with van der Waals surface area (Å²) in [5.41, 5.74) is 1.69. The molecule has 0 unspecified atom stereocenters. The van der Waals surface area contributed by atoms with Crippen molar-refractivity contribution in [3.05, 3.63) is 48.4 Å². The van der Waals surface area contributed by atoms with E-state index in [9.17, 15) is 9.59 Å². The van der Waals surface area contributed by atoms with E-state index in [1.807, 2.05) is 30.3 Å². The molecule has 0 aliphatic carbocycles. The first-order valence-corrected chi connectivity index (χ1v) is 9.09. The summed E-state index contributed by atoms with van der Waals surface area (Å²) in [6.07, 6.45) is 1.68. The van der Waals surface area contributed by atoms with E-state index in [1.165, 1.54) is 18.9 Å². The number of aryl methyl sites for hydroxylation is 1. The molecular weight excluding hydrogens is 368 g/mol. The second-order valence-corrected chi connectivity index (χ2v) is 6.56. The molecule has 2 aromatic heterocycles. The fraction of sp³-hybridized carbons (Fsp3) is 0.222. The largest absolute Gasteiger partial charge is 0.468 e. The maximum absolute atomic E-state index is 12.1. The van der Waals surface area contributed by atoms with E-state index in [1.54, 1.807) is 23.8 Å². The molecule has 0 saturated heterocycles. The molecule has 140 valence electrons. The van der Waals surface area contributed by atoms with Gasteiger partial charge in [-0.2, -0.15) is 0 Å². The number of rotatable bonds is 7. The first-order chi connectivity index (χ1) is 13.1. The molecule has 0 aliphatic rings. The van der Waals surface area contributed by atoms with Crippen LogP contribution in [0.15, 0.2) is 52.3 Å². The van der Waals surface area contributed by atoms with Gasteiger partial charge in [-0.25, -0.2) is 4.98 Å². The van der Waals surface area contributed by atoms with E-state index in [4.69, 9.17) is 9.26 Å². The van der Waals surface area contributed by atoms with Crippen molar-refractivity contribution in [3.63, 3.8) is 0 Å². The maximum Gasteiger partial charge on any atom is 0.325 e. The van der Waals surface area contributed by atoms with Crippen molar-refractivity contribution in [1.82, 2.24) is 14.7 Å². The van der Waals surface area contributed by atoms with Crippen LogP contribution in [-0.4, -0.2) is 39.4 Å². The number of imidazole rings is 1. The van der Waals surface area contributed by atoms with Crippen molar-refractivity contribution in [2.75, 3.05) is 18.2 Å². The van der Waals surface area contributed by atoms with Gasteiger partial charge in [0.1, 0.15) is 12.3 Å². The number of methoxy groups -OCH3 is 1. The minimum absolute atomic E-state index is 0.00710. The van der Waals surface area contributed by atoms with Crippen molar-refractivity contribution in [2.24, 2.45) is 0 Å². The molecule has 0 bridgehead atoms. The molecule has 1 aromatic carbocycles. The van der Waals surface area contributed by atoms with Gasteiger partial charge in [0.15, 0.2) is 11.0 Å². The van der Waals surface area contributed by atoms with Gasteiger partial charge < -0.3 is 19.1 Å². The molecule has 2 heterocycles. The topological polar surface area (TPSA) is 99.2 Å². The quantitative estimate of drug-likeness (QED) is 0.492. The molecule has 0 aliphatic heterocycles. The highest BCUT2D eigenvalue weighted by Crippen LogP contribution is 2.26. The Labute approximate surface area is 159 Å². The van der Waals surface area contributed by atoms with Crippen LogP contribution in [0.2, 0.25) is 0 Å². The van der Waals surface area contributed by atoms with Gasteiger partial charge in [-0.3, -0.25) is 9.59 Å². The minimum atomic E-state index is -0.394. The Bertz CT molecular complexity index is 936. The van der Waals surface area contributed by atoms with Crippen LogP contribution in [0.4, 0.5) is 5.82 Å². The Morgan fingerprint density at radius 1 is 1.30 bits per heavy atom. The highest BCUT2D eigenvalue weighted by molar-refractivity contribution is 7.99. The van der Waals surface area contributed by atoms with Gasteiger partial charge >= 0.3 is 5.97 Å². The second kappa shape index (κ2) is 8.54. The lowest BCUT2D eigenvalue weighted by Crippen LogP contribution is -2.16. The van der Waals surface area contributed by atoms with Crippen LogP contribution in [0.3, 0.4) is 0 Å². The Morgan fingerprint density at radius 3 is 2.74 bits per heavy atom. The zero-order chi connectivity index (χ0) is 19.2. The fourth-order valence-electron chi connectivity index (χ4n) is 2.39. The van der Waals surface area contributed by atoms with Crippen molar-refractivity contribution < 1.29 is 18.8 Å². The molecule has 0 spiro atoms. The summed E-state index contributed by atoms with van der Waals surface area (Å²) in [5.74, 6) is 0.440. The van der Waals surface area contributed by atoms with E-state index in [0.29, 0.717) is 16.7 Å². The molecule has 8 nitrogen and oxygen atoms in total. The SMILES string of the molecule is COC(=O)Cn1c(-c2ccccc2)cnc1SCC(=O)Nc1cc(C)on1. The number of hydrogen-bond acceptors (Lipinski definition) is 7. The molecule has 3 aromatic rings. The van der Waals surface area contributed by atoms with E-state index in [0.717, 1.165) is 11.3 Å². The molecule has 1 amide bonds. The zero-order valence-corrected chi connectivity index (χ0v) is 15.7. The number of carbonyl (C=O) groups is 2. The highest BCUT2D eigenvalue weighted by atomic mass is 32.2. The predicted octanol–water partition coefficient (Wildman–Crippen LogP) is 2.75. The average molecular weight is 386 g/mol. The smallest absolute Gasteiger partial charge is 0.325 e.